The van der Waals surface area contributed by atoms with E-state index in [4.69, 9.17) is 14.2 Å². The van der Waals surface area contributed by atoms with E-state index in [1.165, 1.54) is 12.8 Å². The van der Waals surface area contributed by atoms with Crippen LogP contribution in [0.5, 0.6) is 0 Å². The molecule has 0 aliphatic heterocycles. The van der Waals surface area contributed by atoms with Crippen molar-refractivity contribution in [2.75, 3.05) is 13.2 Å². The maximum Gasteiger partial charge on any atom is 0.308 e. The van der Waals surface area contributed by atoms with E-state index >= 15 is 0 Å². The van der Waals surface area contributed by atoms with Gasteiger partial charge < -0.3 is 14.2 Å². The van der Waals surface area contributed by atoms with Gasteiger partial charge in [-0.05, 0) is 44.1 Å². The maximum atomic E-state index is 12.6. The summed E-state index contributed by atoms with van der Waals surface area (Å²) in [6.07, 6.45) is 12.2. The minimum atomic E-state index is -0.310. The lowest BCUT2D eigenvalue weighted by atomic mass is 9.67. The number of benzene rings is 1. The molecule has 0 atom stereocenters. The van der Waals surface area contributed by atoms with Crippen LogP contribution in [0.2, 0.25) is 0 Å². The first kappa shape index (κ1) is 23.3. The Kier molecular flexibility index (Phi) is 8.23. The Bertz CT molecular complexity index is 692. The van der Waals surface area contributed by atoms with Crippen molar-refractivity contribution < 1.29 is 23.8 Å². The lowest BCUT2D eigenvalue weighted by molar-refractivity contribution is -0.179. The highest BCUT2D eigenvalue weighted by Crippen LogP contribution is 2.44. The third-order valence-electron chi connectivity index (χ3n) is 7.57. The number of esters is 2. The van der Waals surface area contributed by atoms with Gasteiger partial charge in [-0.2, -0.15) is 0 Å². The van der Waals surface area contributed by atoms with Gasteiger partial charge in [-0.1, -0.05) is 68.9 Å². The highest BCUT2D eigenvalue weighted by molar-refractivity contribution is 5.73. The van der Waals surface area contributed by atoms with Gasteiger partial charge in [0.15, 0.2) is 0 Å². The van der Waals surface area contributed by atoms with Crippen molar-refractivity contribution in [1.82, 2.24) is 0 Å². The van der Waals surface area contributed by atoms with Gasteiger partial charge in [0.1, 0.15) is 13.2 Å². The van der Waals surface area contributed by atoms with E-state index in [2.05, 4.69) is 12.1 Å². The van der Waals surface area contributed by atoms with Crippen LogP contribution in [0.3, 0.4) is 0 Å². The van der Waals surface area contributed by atoms with Gasteiger partial charge in [0, 0.05) is 5.41 Å². The van der Waals surface area contributed by atoms with E-state index in [1.807, 2.05) is 18.2 Å². The average molecular weight is 443 g/mol. The summed E-state index contributed by atoms with van der Waals surface area (Å²) in [7, 11) is 0. The van der Waals surface area contributed by atoms with Crippen LogP contribution in [-0.2, 0) is 30.4 Å². The van der Waals surface area contributed by atoms with Crippen LogP contribution >= 0.6 is 0 Å². The van der Waals surface area contributed by atoms with E-state index in [1.54, 1.807) is 0 Å². The fourth-order valence-corrected chi connectivity index (χ4v) is 5.45. The minimum absolute atomic E-state index is 0.0378. The van der Waals surface area contributed by atoms with Crippen LogP contribution in [0, 0.1) is 17.3 Å². The summed E-state index contributed by atoms with van der Waals surface area (Å²) in [4.78, 5) is 25.2. The van der Waals surface area contributed by atoms with Crippen molar-refractivity contribution in [2.45, 2.75) is 89.8 Å². The van der Waals surface area contributed by atoms with E-state index in [0.717, 1.165) is 69.8 Å². The first-order valence-electron chi connectivity index (χ1n) is 12.6. The molecular weight excluding hydrogens is 404 g/mol. The van der Waals surface area contributed by atoms with E-state index in [0.29, 0.717) is 19.8 Å². The predicted molar refractivity (Wildman–Crippen MR) is 122 cm³/mol. The van der Waals surface area contributed by atoms with Gasteiger partial charge in [0.25, 0.3) is 0 Å². The zero-order valence-corrected chi connectivity index (χ0v) is 19.3. The van der Waals surface area contributed by atoms with E-state index < -0.39 is 0 Å². The normalized spacial score (nSPS) is 22.1. The largest absolute Gasteiger partial charge is 0.465 e. The summed E-state index contributed by atoms with van der Waals surface area (Å²) < 4.78 is 17.7. The molecule has 0 heterocycles. The Morgan fingerprint density at radius 3 is 1.75 bits per heavy atom. The second kappa shape index (κ2) is 11.3. The third-order valence-corrected chi connectivity index (χ3v) is 7.57. The Balaban J connectivity index is 1.29. The molecule has 176 valence electrons. The number of carbonyl (C=O) groups excluding carboxylic acids is 2. The molecule has 0 spiro atoms. The number of rotatable bonds is 9. The van der Waals surface area contributed by atoms with Crippen molar-refractivity contribution in [1.29, 1.82) is 0 Å². The Hall–Kier alpha value is -1.88. The van der Waals surface area contributed by atoms with Gasteiger partial charge in [-0.15, -0.1) is 0 Å². The predicted octanol–water partition coefficient (Wildman–Crippen LogP) is 5.60. The summed E-state index contributed by atoms with van der Waals surface area (Å²) in [5, 5.41) is 0. The van der Waals surface area contributed by atoms with Gasteiger partial charge >= 0.3 is 11.9 Å². The molecule has 5 heteroatoms. The zero-order valence-electron chi connectivity index (χ0n) is 19.3. The molecule has 3 saturated carbocycles. The molecule has 0 unspecified atom stereocenters. The van der Waals surface area contributed by atoms with Crippen LogP contribution in [0.25, 0.3) is 0 Å². The number of hydrogen-bond donors (Lipinski definition) is 0. The summed E-state index contributed by atoms with van der Waals surface area (Å²) in [6, 6.07) is 10.1. The quantitative estimate of drug-likeness (QED) is 0.466. The van der Waals surface area contributed by atoms with Crippen molar-refractivity contribution in [3.63, 3.8) is 0 Å². The molecule has 32 heavy (non-hydrogen) atoms. The fourth-order valence-electron chi connectivity index (χ4n) is 5.45. The molecule has 0 aromatic heterocycles. The third kappa shape index (κ3) is 6.34. The Morgan fingerprint density at radius 2 is 1.25 bits per heavy atom. The van der Waals surface area contributed by atoms with Crippen molar-refractivity contribution in [3.8, 4) is 0 Å². The minimum Gasteiger partial charge on any atom is -0.465 e. The molecule has 1 aromatic rings. The van der Waals surface area contributed by atoms with Crippen LogP contribution < -0.4 is 0 Å². The monoisotopic (exact) mass is 442 g/mol. The fraction of sp³-hybridized carbons (Fsp3) is 0.704. The molecule has 0 radical (unpaired) electrons. The molecule has 0 bridgehead atoms. The standard InChI is InChI=1S/C27H38O5/c28-25(22-12-6-2-7-13-22)31-19-27(20-32-26(29)23-14-8-3-9-15-23)16-24(17-27)30-18-21-10-4-1-5-11-21/h1,4-5,10-11,22-24H,2-3,6-9,12-20H2. The maximum absolute atomic E-state index is 12.6. The summed E-state index contributed by atoms with van der Waals surface area (Å²) >= 11 is 0. The highest BCUT2D eigenvalue weighted by Gasteiger charge is 2.48. The SMILES string of the molecule is O=C(OCC1(COC(=O)C2CCCCC2)CC(OCc2ccccc2)C1)C1CCCCC1. The first-order chi connectivity index (χ1) is 15.6. The average Bonchev–Trinajstić information content (AvgIpc) is 2.83. The van der Waals surface area contributed by atoms with Crippen LogP contribution in [0.1, 0.15) is 82.6 Å². The van der Waals surface area contributed by atoms with Gasteiger partial charge in [-0.25, -0.2) is 0 Å². The summed E-state index contributed by atoms with van der Waals surface area (Å²) in [6.45, 7) is 1.22. The van der Waals surface area contributed by atoms with E-state index in [-0.39, 0.29) is 35.3 Å². The molecule has 0 N–H and O–H groups in total. The number of carbonyl (C=O) groups is 2. The second-order valence-electron chi connectivity index (χ2n) is 10.2. The van der Waals surface area contributed by atoms with Crippen molar-refractivity contribution in [3.05, 3.63) is 35.9 Å². The highest BCUT2D eigenvalue weighted by atomic mass is 16.6. The lowest BCUT2D eigenvalue weighted by Crippen LogP contribution is -2.50. The van der Waals surface area contributed by atoms with Crippen LogP contribution in [0.15, 0.2) is 30.3 Å². The molecule has 0 saturated heterocycles. The van der Waals surface area contributed by atoms with E-state index in [9.17, 15) is 9.59 Å². The topological polar surface area (TPSA) is 61.8 Å². The van der Waals surface area contributed by atoms with Crippen LogP contribution in [0.4, 0.5) is 0 Å². The zero-order chi connectivity index (χ0) is 22.2. The second-order valence-corrected chi connectivity index (χ2v) is 10.2. The van der Waals surface area contributed by atoms with Gasteiger partial charge in [-0.3, -0.25) is 9.59 Å². The van der Waals surface area contributed by atoms with Gasteiger partial charge in [0.05, 0.1) is 24.5 Å². The number of hydrogen-bond acceptors (Lipinski definition) is 5. The summed E-state index contributed by atoms with van der Waals surface area (Å²) in [5.74, 6) is -0.0701. The Labute approximate surface area is 192 Å². The van der Waals surface area contributed by atoms with Crippen molar-refractivity contribution in [2.24, 2.45) is 17.3 Å². The van der Waals surface area contributed by atoms with Crippen molar-refractivity contribution >= 4 is 11.9 Å². The molecule has 5 nitrogen and oxygen atoms in total. The summed E-state index contributed by atoms with van der Waals surface area (Å²) in [5.41, 5.74) is 0.841. The van der Waals surface area contributed by atoms with Gasteiger partial charge in [0.2, 0.25) is 0 Å². The molecule has 4 rings (SSSR count). The molecular formula is C27H38O5. The van der Waals surface area contributed by atoms with Crippen LogP contribution in [-0.4, -0.2) is 31.3 Å². The lowest BCUT2D eigenvalue weighted by Gasteiger charge is -2.46. The Morgan fingerprint density at radius 1 is 0.750 bits per heavy atom. The molecule has 3 aliphatic rings. The molecule has 3 aliphatic carbocycles. The number of ether oxygens (including phenoxy) is 3. The smallest absolute Gasteiger partial charge is 0.308 e. The first-order valence-corrected chi connectivity index (χ1v) is 12.6. The molecule has 3 fully saturated rings. The molecule has 0 amide bonds. The molecule has 1 aromatic carbocycles.